The van der Waals surface area contributed by atoms with Gasteiger partial charge in [0.05, 0.1) is 18.0 Å². The molecular weight excluding hydrogens is 352 g/mol. The summed E-state index contributed by atoms with van der Waals surface area (Å²) in [5.41, 5.74) is 4.66. The molecule has 1 unspecified atom stereocenters. The number of quaternary nitrogens is 1. The van der Waals surface area contributed by atoms with Gasteiger partial charge in [0, 0.05) is 5.69 Å². The van der Waals surface area contributed by atoms with Crippen molar-refractivity contribution < 1.29 is 9.69 Å². The van der Waals surface area contributed by atoms with Crippen molar-refractivity contribution >= 4 is 22.5 Å². The Balaban J connectivity index is 1.75. The molecule has 0 spiro atoms. The molecule has 2 aromatic carbocycles. The van der Waals surface area contributed by atoms with Crippen molar-refractivity contribution in [2.75, 3.05) is 18.9 Å². The zero-order valence-corrected chi connectivity index (χ0v) is 17.0. The molecule has 0 aliphatic carbocycles. The van der Waals surface area contributed by atoms with E-state index in [1.807, 2.05) is 52.9 Å². The van der Waals surface area contributed by atoms with Crippen LogP contribution in [0.5, 0.6) is 0 Å². The van der Waals surface area contributed by atoms with Crippen LogP contribution in [0.4, 0.5) is 5.69 Å². The topological polar surface area (TPSA) is 79.3 Å². The highest BCUT2D eigenvalue weighted by Gasteiger charge is 2.22. The summed E-state index contributed by atoms with van der Waals surface area (Å²) in [5, 5.41) is 3.60. The second-order valence-electron chi connectivity index (χ2n) is 7.54. The molecule has 146 valence electrons. The lowest BCUT2D eigenvalue weighted by atomic mass is 10.1. The standard InChI is InChI=1S/C22H26N4O2/c1-13-10-14(2)20(15(3)11-13)24-19(27)12-26(5)16(4)21-23-18-9-7-6-8-17(18)22(28)25-21/h6-11,16H,12H2,1-5H3,(H,24,27)(H,23,25,28)/p+1/t16-/m1/s1. The summed E-state index contributed by atoms with van der Waals surface area (Å²) in [6.45, 7) is 8.27. The van der Waals surface area contributed by atoms with Gasteiger partial charge in [0.1, 0.15) is 6.04 Å². The molecule has 3 rings (SSSR count). The smallest absolute Gasteiger partial charge is 0.279 e. The molecule has 28 heavy (non-hydrogen) atoms. The number of aryl methyl sites for hydroxylation is 3. The first-order chi connectivity index (χ1) is 13.3. The molecule has 0 aliphatic heterocycles. The lowest BCUT2D eigenvalue weighted by molar-refractivity contribution is -0.902. The summed E-state index contributed by atoms with van der Waals surface area (Å²) in [6, 6.07) is 11.2. The first kappa shape index (κ1) is 19.8. The molecule has 0 aliphatic rings. The van der Waals surface area contributed by atoms with Crippen LogP contribution >= 0.6 is 0 Å². The van der Waals surface area contributed by atoms with Gasteiger partial charge >= 0.3 is 0 Å². The van der Waals surface area contributed by atoms with E-state index in [9.17, 15) is 9.59 Å². The molecule has 1 aromatic heterocycles. The first-order valence-corrected chi connectivity index (χ1v) is 9.45. The first-order valence-electron chi connectivity index (χ1n) is 9.45. The Morgan fingerprint density at radius 2 is 1.82 bits per heavy atom. The lowest BCUT2D eigenvalue weighted by Crippen LogP contribution is -3.10. The average molecular weight is 379 g/mol. The third-order valence-electron chi connectivity index (χ3n) is 5.16. The van der Waals surface area contributed by atoms with Crippen LogP contribution in [0.1, 0.15) is 35.5 Å². The Bertz CT molecular complexity index is 1060. The lowest BCUT2D eigenvalue weighted by Gasteiger charge is -2.21. The molecule has 0 saturated heterocycles. The molecule has 1 heterocycles. The monoisotopic (exact) mass is 379 g/mol. The Labute approximate surface area is 164 Å². The van der Waals surface area contributed by atoms with Crippen LogP contribution < -0.4 is 15.8 Å². The molecule has 1 amide bonds. The molecule has 0 bridgehead atoms. The number of hydrogen-bond donors (Lipinski definition) is 3. The van der Waals surface area contributed by atoms with Crippen molar-refractivity contribution in [1.82, 2.24) is 9.97 Å². The van der Waals surface area contributed by atoms with Gasteiger partial charge in [-0.2, -0.15) is 0 Å². The summed E-state index contributed by atoms with van der Waals surface area (Å²) < 4.78 is 0. The zero-order chi connectivity index (χ0) is 20.4. The maximum atomic E-state index is 12.6. The van der Waals surface area contributed by atoms with Gasteiger partial charge in [-0.1, -0.05) is 29.8 Å². The highest BCUT2D eigenvalue weighted by Crippen LogP contribution is 2.21. The van der Waals surface area contributed by atoms with Gasteiger partial charge in [0.2, 0.25) is 0 Å². The highest BCUT2D eigenvalue weighted by molar-refractivity contribution is 5.93. The Hall–Kier alpha value is -2.99. The molecule has 6 nitrogen and oxygen atoms in total. The fourth-order valence-electron chi connectivity index (χ4n) is 3.51. The predicted molar refractivity (Wildman–Crippen MR) is 112 cm³/mol. The number of aromatic amines is 1. The normalized spacial score (nSPS) is 13.3. The number of anilines is 1. The molecule has 2 atom stereocenters. The Kier molecular flexibility index (Phi) is 5.61. The molecule has 3 aromatic rings. The van der Waals surface area contributed by atoms with E-state index in [0.717, 1.165) is 21.7 Å². The Morgan fingerprint density at radius 3 is 2.50 bits per heavy atom. The number of hydrogen-bond acceptors (Lipinski definition) is 3. The number of fused-ring (bicyclic) bond motifs is 1. The van der Waals surface area contributed by atoms with Crippen molar-refractivity contribution in [1.29, 1.82) is 0 Å². The summed E-state index contributed by atoms with van der Waals surface area (Å²) in [6.07, 6.45) is 0. The zero-order valence-electron chi connectivity index (χ0n) is 17.0. The van der Waals surface area contributed by atoms with Gasteiger partial charge in [-0.15, -0.1) is 0 Å². The number of para-hydroxylation sites is 1. The average Bonchev–Trinajstić information content (AvgIpc) is 2.64. The number of nitrogens with zero attached hydrogens (tertiary/aromatic N) is 1. The van der Waals surface area contributed by atoms with E-state index in [1.54, 1.807) is 6.07 Å². The number of nitrogens with one attached hydrogen (secondary N) is 3. The van der Waals surface area contributed by atoms with Crippen molar-refractivity contribution in [3.8, 4) is 0 Å². The second kappa shape index (κ2) is 7.94. The number of aromatic nitrogens is 2. The van der Waals surface area contributed by atoms with E-state index in [4.69, 9.17) is 0 Å². The fourth-order valence-corrected chi connectivity index (χ4v) is 3.51. The van der Waals surface area contributed by atoms with E-state index in [0.29, 0.717) is 16.7 Å². The van der Waals surface area contributed by atoms with Crippen molar-refractivity contribution in [2.24, 2.45) is 0 Å². The fraction of sp³-hybridized carbons (Fsp3) is 0.318. The van der Waals surface area contributed by atoms with Crippen LogP contribution in [0.2, 0.25) is 0 Å². The number of carbonyl (C=O) groups excluding carboxylic acids is 1. The van der Waals surface area contributed by atoms with Crippen LogP contribution in [0.25, 0.3) is 10.9 Å². The van der Waals surface area contributed by atoms with E-state index < -0.39 is 0 Å². The van der Waals surface area contributed by atoms with Gasteiger partial charge in [-0.05, 0) is 51.0 Å². The van der Waals surface area contributed by atoms with E-state index in [2.05, 4.69) is 27.4 Å². The predicted octanol–water partition coefficient (Wildman–Crippen LogP) is 2.06. The van der Waals surface area contributed by atoms with Gasteiger partial charge in [-0.25, -0.2) is 4.98 Å². The molecule has 6 heteroatoms. The van der Waals surface area contributed by atoms with E-state index in [-0.39, 0.29) is 24.1 Å². The molecule has 0 radical (unpaired) electrons. The van der Waals surface area contributed by atoms with Crippen molar-refractivity contribution in [3.05, 3.63) is 69.3 Å². The molecule has 0 fully saturated rings. The van der Waals surface area contributed by atoms with Gasteiger partial charge in [-0.3, -0.25) is 9.59 Å². The largest absolute Gasteiger partial charge is 0.321 e. The van der Waals surface area contributed by atoms with Gasteiger partial charge in [0.25, 0.3) is 11.5 Å². The number of benzene rings is 2. The second-order valence-corrected chi connectivity index (χ2v) is 7.54. The Morgan fingerprint density at radius 1 is 1.18 bits per heavy atom. The minimum Gasteiger partial charge on any atom is -0.321 e. The van der Waals surface area contributed by atoms with Crippen LogP contribution in [0, 0.1) is 20.8 Å². The summed E-state index contributed by atoms with van der Waals surface area (Å²) in [5.74, 6) is 0.513. The number of H-pyrrole nitrogens is 1. The SMILES string of the molecule is Cc1cc(C)c(NC(=O)C[NH+](C)[C@H](C)c2nc3ccccc3c(=O)[nH]2)c(C)c1. The van der Waals surface area contributed by atoms with Crippen molar-refractivity contribution in [3.63, 3.8) is 0 Å². The van der Waals surface area contributed by atoms with Crippen LogP contribution in [-0.4, -0.2) is 29.5 Å². The van der Waals surface area contributed by atoms with Crippen LogP contribution in [-0.2, 0) is 4.79 Å². The minimum atomic E-state index is -0.157. The summed E-state index contributed by atoms with van der Waals surface area (Å²) >= 11 is 0. The van der Waals surface area contributed by atoms with Gasteiger partial charge < -0.3 is 15.2 Å². The number of amides is 1. The third-order valence-corrected chi connectivity index (χ3v) is 5.16. The third kappa shape index (κ3) is 4.12. The maximum Gasteiger partial charge on any atom is 0.279 e. The summed E-state index contributed by atoms with van der Waals surface area (Å²) in [7, 11) is 1.92. The maximum absolute atomic E-state index is 12.6. The van der Waals surface area contributed by atoms with Crippen LogP contribution in [0.15, 0.2) is 41.2 Å². The number of likely N-dealkylation sites (N-methyl/N-ethyl adjacent to an activating group) is 1. The number of carbonyl (C=O) groups is 1. The molecular formula is C22H27N4O2+. The molecule has 0 saturated carbocycles. The van der Waals surface area contributed by atoms with Crippen molar-refractivity contribution in [2.45, 2.75) is 33.7 Å². The summed E-state index contributed by atoms with van der Waals surface area (Å²) in [4.78, 5) is 33.3. The van der Waals surface area contributed by atoms with Gasteiger partial charge in [0.15, 0.2) is 12.4 Å². The quantitative estimate of drug-likeness (QED) is 0.635. The highest BCUT2D eigenvalue weighted by atomic mass is 16.2. The molecule has 3 N–H and O–H groups in total. The van der Waals surface area contributed by atoms with E-state index in [1.165, 1.54) is 5.56 Å². The van der Waals surface area contributed by atoms with E-state index >= 15 is 0 Å². The minimum absolute atomic E-state index is 0.0671. The van der Waals surface area contributed by atoms with Crippen LogP contribution in [0.3, 0.4) is 0 Å². The number of rotatable bonds is 5.